The largest absolute Gasteiger partial charge is 0.497 e. The molecule has 5 nitrogen and oxygen atoms in total. The normalized spacial score (nSPS) is 11.3. The average molecular weight is 290 g/mol. The van der Waals surface area contributed by atoms with Gasteiger partial charge in [-0.3, -0.25) is 9.20 Å². The number of hydrogen-bond acceptors (Lipinski definition) is 5. The van der Waals surface area contributed by atoms with E-state index in [-0.39, 0.29) is 12.2 Å². The standard InChI is InChI=1S/C14H14N2O3S/c1-8-10(5-6-17)13(18)16-11-4-3-9(19-2)7-12(11)20-14(16)15-8/h3-4,7,17H,5-6H2,1-2H3. The fourth-order valence-corrected chi connectivity index (χ4v) is 3.40. The predicted octanol–water partition coefficient (Wildman–Crippen LogP) is 1.76. The number of aryl methyl sites for hydroxylation is 1. The van der Waals surface area contributed by atoms with E-state index in [9.17, 15) is 4.79 Å². The topological polar surface area (TPSA) is 63.8 Å². The van der Waals surface area contributed by atoms with Crippen LogP contribution in [0.25, 0.3) is 15.2 Å². The molecule has 0 aliphatic carbocycles. The van der Waals surface area contributed by atoms with E-state index in [1.165, 1.54) is 11.3 Å². The highest BCUT2D eigenvalue weighted by atomic mass is 32.1. The predicted molar refractivity (Wildman–Crippen MR) is 78.9 cm³/mol. The second-order valence-corrected chi connectivity index (χ2v) is 5.52. The Hall–Kier alpha value is -1.92. The Morgan fingerprint density at radius 2 is 2.25 bits per heavy atom. The summed E-state index contributed by atoms with van der Waals surface area (Å²) in [6.45, 7) is 1.75. The molecule has 0 aliphatic heterocycles. The number of fused-ring (bicyclic) bond motifs is 3. The van der Waals surface area contributed by atoms with Gasteiger partial charge >= 0.3 is 0 Å². The Bertz CT molecular complexity index is 851. The molecule has 0 spiro atoms. The Morgan fingerprint density at radius 1 is 1.45 bits per heavy atom. The van der Waals surface area contributed by atoms with Crippen LogP contribution < -0.4 is 10.3 Å². The number of thiazole rings is 1. The summed E-state index contributed by atoms with van der Waals surface area (Å²) >= 11 is 1.46. The van der Waals surface area contributed by atoms with Gasteiger partial charge < -0.3 is 9.84 Å². The molecule has 20 heavy (non-hydrogen) atoms. The van der Waals surface area contributed by atoms with E-state index in [0.717, 1.165) is 16.0 Å². The maximum absolute atomic E-state index is 12.6. The van der Waals surface area contributed by atoms with Crippen molar-refractivity contribution in [1.29, 1.82) is 0 Å². The van der Waals surface area contributed by atoms with Crippen LogP contribution in [0.1, 0.15) is 11.3 Å². The number of aliphatic hydroxyl groups excluding tert-OH is 1. The van der Waals surface area contributed by atoms with E-state index in [1.54, 1.807) is 18.4 Å². The molecule has 0 radical (unpaired) electrons. The van der Waals surface area contributed by atoms with Gasteiger partial charge in [0.2, 0.25) is 0 Å². The third kappa shape index (κ3) is 1.88. The van der Waals surface area contributed by atoms with Gasteiger partial charge in [-0.15, -0.1) is 0 Å². The number of hydrogen-bond donors (Lipinski definition) is 1. The monoisotopic (exact) mass is 290 g/mol. The van der Waals surface area contributed by atoms with Crippen molar-refractivity contribution in [3.8, 4) is 5.75 Å². The average Bonchev–Trinajstić information content (AvgIpc) is 2.80. The molecule has 0 unspecified atom stereocenters. The van der Waals surface area contributed by atoms with Crippen molar-refractivity contribution in [3.63, 3.8) is 0 Å². The van der Waals surface area contributed by atoms with Crippen LogP contribution in [-0.4, -0.2) is 28.2 Å². The first-order chi connectivity index (χ1) is 9.65. The molecule has 3 rings (SSSR count). The molecule has 3 aromatic rings. The van der Waals surface area contributed by atoms with Crippen LogP contribution >= 0.6 is 11.3 Å². The lowest BCUT2D eigenvalue weighted by atomic mass is 10.2. The summed E-state index contributed by atoms with van der Waals surface area (Å²) in [5.74, 6) is 0.754. The van der Waals surface area contributed by atoms with E-state index in [0.29, 0.717) is 22.6 Å². The molecule has 0 fully saturated rings. The minimum atomic E-state index is -0.0991. The zero-order valence-electron chi connectivity index (χ0n) is 11.2. The minimum Gasteiger partial charge on any atom is -0.497 e. The van der Waals surface area contributed by atoms with Crippen LogP contribution in [0, 0.1) is 6.92 Å². The van der Waals surface area contributed by atoms with Gasteiger partial charge in [-0.2, -0.15) is 0 Å². The van der Waals surface area contributed by atoms with Gasteiger partial charge in [0.1, 0.15) is 5.75 Å². The molecule has 2 aromatic heterocycles. The number of rotatable bonds is 3. The molecule has 6 heteroatoms. The van der Waals surface area contributed by atoms with Crippen LogP contribution in [0.2, 0.25) is 0 Å². The molecule has 0 aliphatic rings. The number of aliphatic hydroxyl groups is 1. The Balaban J connectivity index is 2.40. The molecule has 0 amide bonds. The number of ether oxygens (including phenoxy) is 1. The first-order valence-electron chi connectivity index (χ1n) is 6.25. The van der Waals surface area contributed by atoms with Gasteiger partial charge in [0.05, 0.1) is 17.3 Å². The van der Waals surface area contributed by atoms with Crippen molar-refractivity contribution in [3.05, 3.63) is 39.8 Å². The molecule has 0 atom stereocenters. The van der Waals surface area contributed by atoms with E-state index in [2.05, 4.69) is 4.98 Å². The minimum absolute atomic E-state index is 0.0558. The van der Waals surface area contributed by atoms with Gasteiger partial charge in [-0.05, 0) is 25.1 Å². The molecular formula is C14H14N2O3S. The first-order valence-corrected chi connectivity index (χ1v) is 7.07. The van der Waals surface area contributed by atoms with Crippen LogP contribution in [-0.2, 0) is 6.42 Å². The van der Waals surface area contributed by atoms with Gasteiger partial charge in [-0.25, -0.2) is 4.98 Å². The van der Waals surface area contributed by atoms with Crippen molar-refractivity contribution in [2.24, 2.45) is 0 Å². The van der Waals surface area contributed by atoms with Crippen molar-refractivity contribution in [2.45, 2.75) is 13.3 Å². The number of aromatic nitrogens is 2. The summed E-state index contributed by atoms with van der Waals surface area (Å²) in [5.41, 5.74) is 1.98. The SMILES string of the molecule is COc1ccc2c(c1)sc1nc(C)c(CCO)c(=O)n12. The van der Waals surface area contributed by atoms with Crippen molar-refractivity contribution < 1.29 is 9.84 Å². The Morgan fingerprint density at radius 3 is 2.95 bits per heavy atom. The Kier molecular flexibility index (Phi) is 3.19. The summed E-state index contributed by atoms with van der Waals surface area (Å²) in [7, 11) is 1.61. The zero-order valence-corrected chi connectivity index (χ0v) is 12.0. The second kappa shape index (κ2) is 4.88. The number of benzene rings is 1. The van der Waals surface area contributed by atoms with Crippen molar-refractivity contribution in [1.82, 2.24) is 9.38 Å². The van der Waals surface area contributed by atoms with Crippen LogP contribution in [0.3, 0.4) is 0 Å². The van der Waals surface area contributed by atoms with Crippen LogP contribution in [0.5, 0.6) is 5.75 Å². The first kappa shape index (κ1) is 13.1. The maximum atomic E-state index is 12.6. The third-order valence-electron chi connectivity index (χ3n) is 3.32. The summed E-state index contributed by atoms with van der Waals surface area (Å²) in [6.07, 6.45) is 0.327. The number of nitrogens with zero attached hydrogens (tertiary/aromatic N) is 2. The summed E-state index contributed by atoms with van der Waals surface area (Å²) in [6, 6.07) is 5.58. The highest BCUT2D eigenvalue weighted by Gasteiger charge is 2.14. The summed E-state index contributed by atoms with van der Waals surface area (Å²) in [5, 5.41) is 9.08. The van der Waals surface area contributed by atoms with Gasteiger partial charge in [0.25, 0.3) is 5.56 Å². The van der Waals surface area contributed by atoms with E-state index < -0.39 is 0 Å². The summed E-state index contributed by atoms with van der Waals surface area (Å²) < 4.78 is 7.76. The van der Waals surface area contributed by atoms with E-state index >= 15 is 0 Å². The smallest absolute Gasteiger partial charge is 0.262 e. The maximum Gasteiger partial charge on any atom is 0.262 e. The van der Waals surface area contributed by atoms with Gasteiger partial charge in [-0.1, -0.05) is 11.3 Å². The summed E-state index contributed by atoms with van der Waals surface area (Å²) in [4.78, 5) is 17.7. The van der Waals surface area contributed by atoms with Crippen LogP contribution in [0.15, 0.2) is 23.0 Å². The highest BCUT2D eigenvalue weighted by molar-refractivity contribution is 7.23. The molecule has 1 aromatic carbocycles. The van der Waals surface area contributed by atoms with E-state index in [4.69, 9.17) is 9.84 Å². The lowest BCUT2D eigenvalue weighted by Gasteiger charge is -2.04. The van der Waals surface area contributed by atoms with Gasteiger partial charge in [0, 0.05) is 24.3 Å². The fraction of sp³-hybridized carbons (Fsp3) is 0.286. The lowest BCUT2D eigenvalue weighted by Crippen LogP contribution is -2.21. The van der Waals surface area contributed by atoms with Gasteiger partial charge in [0.15, 0.2) is 4.96 Å². The number of methoxy groups -OCH3 is 1. The molecule has 0 bridgehead atoms. The molecule has 1 N–H and O–H groups in total. The molecule has 0 saturated carbocycles. The third-order valence-corrected chi connectivity index (χ3v) is 4.33. The molecule has 2 heterocycles. The van der Waals surface area contributed by atoms with Crippen molar-refractivity contribution >= 4 is 26.5 Å². The van der Waals surface area contributed by atoms with Crippen LogP contribution in [0.4, 0.5) is 0 Å². The molecular weight excluding hydrogens is 276 g/mol. The zero-order chi connectivity index (χ0) is 14.3. The van der Waals surface area contributed by atoms with Crippen molar-refractivity contribution in [2.75, 3.05) is 13.7 Å². The lowest BCUT2D eigenvalue weighted by molar-refractivity contribution is 0.298. The molecule has 104 valence electrons. The second-order valence-electron chi connectivity index (χ2n) is 4.51. The van der Waals surface area contributed by atoms with E-state index in [1.807, 2.05) is 18.2 Å². The Labute approximate surface area is 119 Å². The molecule has 0 saturated heterocycles. The quantitative estimate of drug-likeness (QED) is 0.798. The highest BCUT2D eigenvalue weighted by Crippen LogP contribution is 2.28. The fourth-order valence-electron chi connectivity index (χ4n) is 2.30.